The molecule has 5 aromatic rings. The van der Waals surface area contributed by atoms with Crippen molar-refractivity contribution in [3.63, 3.8) is 0 Å². The number of aryl methyl sites for hydroxylation is 1. The lowest BCUT2D eigenvalue weighted by atomic mass is 10.1. The second-order valence-electron chi connectivity index (χ2n) is 6.10. The van der Waals surface area contributed by atoms with Crippen molar-refractivity contribution in [3.8, 4) is 11.6 Å². The molecular weight excluding hydrogens is 380 g/mol. The van der Waals surface area contributed by atoms with E-state index in [0.29, 0.717) is 16.6 Å². The van der Waals surface area contributed by atoms with Gasteiger partial charge in [0.05, 0.1) is 0 Å². The van der Waals surface area contributed by atoms with Crippen LogP contribution in [0.4, 0.5) is 0 Å². The second kappa shape index (κ2) is 6.33. The first-order valence-electron chi connectivity index (χ1n) is 8.33. The molecule has 0 fully saturated rings. The monoisotopic (exact) mass is 392 g/mol. The number of benzene rings is 2. The van der Waals surface area contributed by atoms with Crippen molar-refractivity contribution >= 4 is 51.0 Å². The minimum absolute atomic E-state index is 0.609. The molecule has 0 saturated carbocycles. The van der Waals surface area contributed by atoms with Gasteiger partial charge in [-0.25, -0.2) is 0 Å². The van der Waals surface area contributed by atoms with Crippen LogP contribution in [-0.2, 0) is 0 Å². The first-order valence-corrected chi connectivity index (χ1v) is 9.53. The molecular formula is C20H13ClN4OS. The van der Waals surface area contributed by atoms with Gasteiger partial charge in [0.15, 0.2) is 5.76 Å². The summed E-state index contributed by atoms with van der Waals surface area (Å²) >= 11 is 7.50. The molecule has 3 aromatic heterocycles. The Labute approximate surface area is 163 Å². The number of hydrogen-bond donors (Lipinski definition) is 0. The maximum atomic E-state index is 6.03. The van der Waals surface area contributed by atoms with E-state index in [0.717, 1.165) is 32.1 Å². The molecule has 5 nitrogen and oxygen atoms in total. The molecule has 0 atom stereocenters. The van der Waals surface area contributed by atoms with Crippen LogP contribution in [0.3, 0.4) is 0 Å². The van der Waals surface area contributed by atoms with Crippen molar-refractivity contribution in [3.05, 3.63) is 69.7 Å². The average molecular weight is 393 g/mol. The highest BCUT2D eigenvalue weighted by molar-refractivity contribution is 7.17. The number of fused-ring (bicyclic) bond motifs is 2. The molecule has 0 radical (unpaired) electrons. The maximum absolute atomic E-state index is 6.03. The molecule has 3 heterocycles. The van der Waals surface area contributed by atoms with Crippen LogP contribution in [-0.4, -0.2) is 19.8 Å². The first-order chi connectivity index (χ1) is 13.2. The summed E-state index contributed by atoms with van der Waals surface area (Å²) in [5.74, 6) is 1.30. The minimum atomic E-state index is 0.609. The molecule has 0 aliphatic heterocycles. The van der Waals surface area contributed by atoms with E-state index in [9.17, 15) is 0 Å². The summed E-state index contributed by atoms with van der Waals surface area (Å²) in [6, 6.07) is 15.6. The van der Waals surface area contributed by atoms with Gasteiger partial charge in [0.2, 0.25) is 10.8 Å². The van der Waals surface area contributed by atoms with Crippen molar-refractivity contribution in [1.82, 2.24) is 19.8 Å². The third-order valence-electron chi connectivity index (χ3n) is 4.32. The number of furan rings is 1. The van der Waals surface area contributed by atoms with Crippen molar-refractivity contribution in [2.75, 3.05) is 0 Å². The van der Waals surface area contributed by atoms with Gasteiger partial charge in [-0.3, -0.25) is 0 Å². The number of para-hydroxylation sites is 1. The van der Waals surface area contributed by atoms with Gasteiger partial charge in [-0.05, 0) is 36.8 Å². The molecule has 0 bridgehead atoms. The summed E-state index contributed by atoms with van der Waals surface area (Å²) < 4.78 is 7.74. The van der Waals surface area contributed by atoms with Gasteiger partial charge in [0.1, 0.15) is 10.6 Å². The number of aromatic nitrogens is 4. The Hall–Kier alpha value is -2.96. The van der Waals surface area contributed by atoms with Crippen LogP contribution in [0.15, 0.2) is 52.9 Å². The lowest BCUT2D eigenvalue weighted by Crippen LogP contribution is -1.90. The Bertz CT molecular complexity index is 1310. The zero-order valence-electron chi connectivity index (χ0n) is 14.3. The summed E-state index contributed by atoms with van der Waals surface area (Å²) in [5, 5.41) is 15.8. The van der Waals surface area contributed by atoms with E-state index in [1.54, 1.807) is 4.52 Å². The Morgan fingerprint density at radius 2 is 1.96 bits per heavy atom. The van der Waals surface area contributed by atoms with Gasteiger partial charge in [-0.15, -0.1) is 10.2 Å². The van der Waals surface area contributed by atoms with Gasteiger partial charge in [0, 0.05) is 16.0 Å². The Morgan fingerprint density at radius 1 is 1.07 bits per heavy atom. The topological polar surface area (TPSA) is 56.2 Å². The van der Waals surface area contributed by atoms with E-state index in [1.807, 2.05) is 67.6 Å². The quantitative estimate of drug-likeness (QED) is 0.393. The van der Waals surface area contributed by atoms with Crippen molar-refractivity contribution in [2.45, 2.75) is 6.92 Å². The highest BCUT2D eigenvalue weighted by Crippen LogP contribution is 2.32. The SMILES string of the molecule is Cc1c(-c2nnc3sc(/C=C/c4cccc(Cl)c4)nn23)oc2ccccc12. The second-order valence-corrected chi connectivity index (χ2v) is 7.52. The lowest BCUT2D eigenvalue weighted by Gasteiger charge is -1.94. The highest BCUT2D eigenvalue weighted by Gasteiger charge is 2.19. The molecule has 27 heavy (non-hydrogen) atoms. The molecule has 132 valence electrons. The van der Waals surface area contributed by atoms with Crippen LogP contribution in [0.5, 0.6) is 0 Å². The van der Waals surface area contributed by atoms with Gasteiger partial charge >= 0.3 is 0 Å². The lowest BCUT2D eigenvalue weighted by molar-refractivity contribution is 0.619. The van der Waals surface area contributed by atoms with E-state index in [2.05, 4.69) is 15.3 Å². The highest BCUT2D eigenvalue weighted by atomic mass is 35.5. The predicted octanol–water partition coefficient (Wildman–Crippen LogP) is 5.73. The molecule has 0 N–H and O–H groups in total. The number of hydrogen-bond acceptors (Lipinski definition) is 5. The normalized spacial score (nSPS) is 11.9. The average Bonchev–Trinajstić information content (AvgIpc) is 3.33. The first kappa shape index (κ1) is 16.2. The summed E-state index contributed by atoms with van der Waals surface area (Å²) in [6.45, 7) is 2.02. The molecule has 0 spiro atoms. The molecule has 0 saturated heterocycles. The third kappa shape index (κ3) is 2.83. The van der Waals surface area contributed by atoms with E-state index in [1.165, 1.54) is 11.3 Å². The number of nitrogens with zero attached hydrogens (tertiary/aromatic N) is 4. The summed E-state index contributed by atoms with van der Waals surface area (Å²) in [7, 11) is 0. The largest absolute Gasteiger partial charge is 0.452 e. The van der Waals surface area contributed by atoms with E-state index < -0.39 is 0 Å². The molecule has 0 aliphatic rings. The van der Waals surface area contributed by atoms with Gasteiger partial charge < -0.3 is 4.42 Å². The summed E-state index contributed by atoms with van der Waals surface area (Å²) in [5.41, 5.74) is 2.88. The fraction of sp³-hybridized carbons (Fsp3) is 0.0500. The van der Waals surface area contributed by atoms with Gasteiger partial charge in [0.25, 0.3) is 0 Å². The van der Waals surface area contributed by atoms with Crippen LogP contribution in [0.25, 0.3) is 39.7 Å². The Morgan fingerprint density at radius 3 is 2.81 bits per heavy atom. The van der Waals surface area contributed by atoms with Crippen LogP contribution in [0.2, 0.25) is 5.02 Å². The summed E-state index contributed by atoms with van der Waals surface area (Å²) in [6.07, 6.45) is 3.92. The Balaban J connectivity index is 1.56. The molecule has 0 aliphatic carbocycles. The van der Waals surface area contributed by atoms with Crippen LogP contribution in [0.1, 0.15) is 16.1 Å². The standard InChI is InChI=1S/C20H13ClN4OS/c1-12-15-7-2-3-8-16(15)26-18(12)19-22-23-20-25(19)24-17(27-20)10-9-13-5-4-6-14(21)11-13/h2-11H,1H3/b10-9+. The molecule has 0 unspecified atom stereocenters. The third-order valence-corrected chi connectivity index (χ3v) is 5.42. The van der Waals surface area contributed by atoms with Crippen molar-refractivity contribution in [2.24, 2.45) is 0 Å². The van der Waals surface area contributed by atoms with Crippen LogP contribution in [0, 0.1) is 6.92 Å². The van der Waals surface area contributed by atoms with Gasteiger partial charge in [-0.1, -0.05) is 59.3 Å². The Kier molecular flexibility index (Phi) is 3.81. The molecule has 0 amide bonds. The van der Waals surface area contributed by atoms with Crippen molar-refractivity contribution < 1.29 is 4.42 Å². The van der Waals surface area contributed by atoms with Crippen LogP contribution >= 0.6 is 22.9 Å². The zero-order chi connectivity index (χ0) is 18.4. The number of rotatable bonds is 3. The number of halogens is 1. The fourth-order valence-corrected chi connectivity index (χ4v) is 3.95. The van der Waals surface area contributed by atoms with Gasteiger partial charge in [-0.2, -0.15) is 9.61 Å². The summed E-state index contributed by atoms with van der Waals surface area (Å²) in [4.78, 5) is 0.718. The minimum Gasteiger partial charge on any atom is -0.452 e. The van der Waals surface area contributed by atoms with E-state index >= 15 is 0 Å². The zero-order valence-corrected chi connectivity index (χ0v) is 15.8. The van der Waals surface area contributed by atoms with E-state index in [4.69, 9.17) is 16.0 Å². The maximum Gasteiger partial charge on any atom is 0.235 e. The smallest absolute Gasteiger partial charge is 0.235 e. The molecule has 2 aromatic carbocycles. The van der Waals surface area contributed by atoms with Crippen molar-refractivity contribution in [1.29, 1.82) is 0 Å². The molecule has 5 rings (SSSR count). The van der Waals surface area contributed by atoms with Crippen LogP contribution < -0.4 is 0 Å². The molecule has 7 heteroatoms. The van der Waals surface area contributed by atoms with E-state index in [-0.39, 0.29) is 0 Å². The fourth-order valence-electron chi connectivity index (χ4n) is 3.01. The predicted molar refractivity (Wildman–Crippen MR) is 109 cm³/mol.